The van der Waals surface area contributed by atoms with Crippen LogP contribution in [0.5, 0.6) is 5.75 Å². The normalized spacial score (nSPS) is 14.9. The van der Waals surface area contributed by atoms with E-state index in [1.807, 2.05) is 48.5 Å². The highest BCUT2D eigenvalue weighted by Crippen LogP contribution is 2.24. The number of hydrogen-bond donors (Lipinski definition) is 2. The maximum Gasteiger partial charge on any atom is 0.412 e. The van der Waals surface area contributed by atoms with E-state index in [0.717, 1.165) is 11.1 Å². The molecule has 3 aromatic rings. The van der Waals surface area contributed by atoms with Crippen molar-refractivity contribution in [2.24, 2.45) is 4.99 Å². The number of benzene rings is 3. The van der Waals surface area contributed by atoms with Crippen molar-refractivity contribution in [3.05, 3.63) is 100 Å². The van der Waals surface area contributed by atoms with E-state index in [1.54, 1.807) is 6.07 Å². The Morgan fingerprint density at radius 1 is 1.03 bits per heavy atom. The molecular formula is C23H18N4O5. The van der Waals surface area contributed by atoms with Crippen LogP contribution >= 0.6 is 0 Å². The highest BCUT2D eigenvalue weighted by Gasteiger charge is 2.26. The number of hydrogen-bond acceptors (Lipinski definition) is 6. The molecule has 0 aromatic heterocycles. The predicted molar refractivity (Wildman–Crippen MR) is 118 cm³/mol. The molecule has 0 aliphatic carbocycles. The number of nitro benzene ring substituents is 1. The Morgan fingerprint density at radius 3 is 2.44 bits per heavy atom. The molecule has 4 rings (SSSR count). The van der Waals surface area contributed by atoms with Crippen LogP contribution in [-0.2, 0) is 4.79 Å². The zero-order valence-corrected chi connectivity index (χ0v) is 16.7. The summed E-state index contributed by atoms with van der Waals surface area (Å²) in [5.41, 5.74) is 2.78. The van der Waals surface area contributed by atoms with Crippen molar-refractivity contribution >= 4 is 29.1 Å². The van der Waals surface area contributed by atoms with Gasteiger partial charge in [-0.1, -0.05) is 48.5 Å². The number of rotatable bonds is 5. The van der Waals surface area contributed by atoms with Crippen molar-refractivity contribution in [3.63, 3.8) is 0 Å². The SMILES string of the molecule is O=C(NCC1N=C(c2ccccc2)c2ccccc2NC1=O)Oc1ccc([N+](=O)[O-])cc1. The van der Waals surface area contributed by atoms with Crippen molar-refractivity contribution in [2.45, 2.75) is 6.04 Å². The van der Waals surface area contributed by atoms with E-state index in [1.165, 1.54) is 24.3 Å². The van der Waals surface area contributed by atoms with Crippen molar-refractivity contribution in [1.82, 2.24) is 5.32 Å². The van der Waals surface area contributed by atoms with Gasteiger partial charge < -0.3 is 15.4 Å². The molecule has 0 spiro atoms. The summed E-state index contributed by atoms with van der Waals surface area (Å²) < 4.78 is 5.13. The highest BCUT2D eigenvalue weighted by molar-refractivity contribution is 6.19. The van der Waals surface area contributed by atoms with Crippen LogP contribution in [0.3, 0.4) is 0 Å². The lowest BCUT2D eigenvalue weighted by Crippen LogP contribution is -2.39. The van der Waals surface area contributed by atoms with Crippen molar-refractivity contribution in [1.29, 1.82) is 0 Å². The molecule has 0 radical (unpaired) electrons. The number of para-hydroxylation sites is 1. The van der Waals surface area contributed by atoms with E-state index in [0.29, 0.717) is 11.4 Å². The molecule has 1 heterocycles. The average molecular weight is 430 g/mol. The molecule has 2 N–H and O–H groups in total. The number of anilines is 1. The molecule has 160 valence electrons. The van der Waals surface area contributed by atoms with Gasteiger partial charge in [-0.3, -0.25) is 19.9 Å². The molecule has 1 aliphatic heterocycles. The number of carbonyl (C=O) groups excluding carboxylic acids is 2. The summed E-state index contributed by atoms with van der Waals surface area (Å²) in [6.45, 7) is -0.0953. The summed E-state index contributed by atoms with van der Waals surface area (Å²) in [5, 5.41) is 16.1. The van der Waals surface area contributed by atoms with Crippen LogP contribution in [0.1, 0.15) is 11.1 Å². The lowest BCUT2D eigenvalue weighted by Gasteiger charge is -2.12. The molecule has 0 fully saturated rings. The van der Waals surface area contributed by atoms with Gasteiger partial charge in [0.15, 0.2) is 0 Å². The lowest BCUT2D eigenvalue weighted by molar-refractivity contribution is -0.384. The standard InChI is InChI=1S/C23H18N4O5/c28-22-20(14-24-23(29)32-17-12-10-16(11-13-17)27(30)31)25-21(15-6-2-1-3-7-15)18-8-4-5-9-19(18)26-22/h1-13,20H,14H2,(H,24,29)(H,26,28). The summed E-state index contributed by atoms with van der Waals surface area (Å²) in [7, 11) is 0. The molecule has 1 aliphatic rings. The van der Waals surface area contributed by atoms with Gasteiger partial charge in [-0.25, -0.2) is 4.79 Å². The second kappa shape index (κ2) is 9.09. The van der Waals surface area contributed by atoms with E-state index in [4.69, 9.17) is 4.74 Å². The largest absolute Gasteiger partial charge is 0.412 e. The van der Waals surface area contributed by atoms with Gasteiger partial charge in [-0.05, 0) is 18.2 Å². The molecule has 1 atom stereocenters. The van der Waals surface area contributed by atoms with Gasteiger partial charge >= 0.3 is 6.09 Å². The Hall–Kier alpha value is -4.53. The number of fused-ring (bicyclic) bond motifs is 1. The summed E-state index contributed by atoms with van der Waals surface area (Å²) in [5.74, 6) is -0.224. The number of benzodiazepines with no additional fused rings is 1. The van der Waals surface area contributed by atoms with Gasteiger partial charge in [0.05, 0.1) is 22.9 Å². The number of nitrogens with one attached hydrogen (secondary N) is 2. The average Bonchev–Trinajstić information content (AvgIpc) is 2.94. The first-order valence-electron chi connectivity index (χ1n) is 9.75. The van der Waals surface area contributed by atoms with Crippen molar-refractivity contribution < 1.29 is 19.2 Å². The van der Waals surface area contributed by atoms with Crippen LogP contribution in [0.4, 0.5) is 16.2 Å². The maximum absolute atomic E-state index is 12.8. The molecule has 3 aromatic carbocycles. The van der Waals surface area contributed by atoms with Crippen molar-refractivity contribution in [2.75, 3.05) is 11.9 Å². The summed E-state index contributed by atoms with van der Waals surface area (Å²) in [4.78, 5) is 39.7. The topological polar surface area (TPSA) is 123 Å². The second-order valence-corrected chi connectivity index (χ2v) is 6.92. The molecule has 32 heavy (non-hydrogen) atoms. The first-order chi connectivity index (χ1) is 15.5. The number of aliphatic imine (C=N–C) groups is 1. The number of ether oxygens (including phenoxy) is 1. The quantitative estimate of drug-likeness (QED) is 0.473. The molecule has 9 nitrogen and oxygen atoms in total. The molecule has 2 amide bonds. The van der Waals surface area contributed by atoms with Crippen LogP contribution < -0.4 is 15.4 Å². The minimum Gasteiger partial charge on any atom is -0.410 e. The summed E-state index contributed by atoms with van der Waals surface area (Å²) >= 11 is 0. The first-order valence-corrected chi connectivity index (χ1v) is 9.75. The van der Waals surface area contributed by atoms with Gasteiger partial charge in [0.25, 0.3) is 11.6 Å². The Labute approximate surface area is 182 Å². The summed E-state index contributed by atoms with van der Waals surface area (Å²) in [6, 6.07) is 21.0. The van der Waals surface area contributed by atoms with Gasteiger partial charge in [-0.15, -0.1) is 0 Å². The zero-order chi connectivity index (χ0) is 22.5. The predicted octanol–water partition coefficient (Wildman–Crippen LogP) is 3.54. The highest BCUT2D eigenvalue weighted by atomic mass is 16.6. The monoisotopic (exact) mass is 430 g/mol. The Balaban J connectivity index is 1.51. The van der Waals surface area contributed by atoms with Crippen LogP contribution in [0, 0.1) is 10.1 Å². The zero-order valence-electron chi connectivity index (χ0n) is 16.7. The third-order valence-corrected chi connectivity index (χ3v) is 4.77. The van der Waals surface area contributed by atoms with Gasteiger partial charge in [0.2, 0.25) is 0 Å². The summed E-state index contributed by atoms with van der Waals surface area (Å²) in [6.07, 6.45) is -0.801. The van der Waals surface area contributed by atoms with Crippen LogP contribution in [0.25, 0.3) is 0 Å². The van der Waals surface area contributed by atoms with Crippen LogP contribution in [0.2, 0.25) is 0 Å². The molecule has 0 saturated heterocycles. The molecule has 1 unspecified atom stereocenters. The Bertz CT molecular complexity index is 1190. The van der Waals surface area contributed by atoms with E-state index in [2.05, 4.69) is 15.6 Å². The van der Waals surface area contributed by atoms with Gasteiger partial charge in [0, 0.05) is 23.3 Å². The number of amides is 2. The van der Waals surface area contributed by atoms with E-state index in [-0.39, 0.29) is 23.9 Å². The number of non-ortho nitro benzene ring substituents is 1. The molecule has 0 saturated carbocycles. The van der Waals surface area contributed by atoms with E-state index in [9.17, 15) is 19.7 Å². The number of carbonyl (C=O) groups is 2. The fourth-order valence-corrected chi connectivity index (χ4v) is 3.22. The molecule has 9 heteroatoms. The fourth-order valence-electron chi connectivity index (χ4n) is 3.22. The van der Waals surface area contributed by atoms with E-state index >= 15 is 0 Å². The fraction of sp³-hybridized carbons (Fsp3) is 0.0870. The molecular weight excluding hydrogens is 412 g/mol. The van der Waals surface area contributed by atoms with E-state index < -0.39 is 17.1 Å². The first kappa shape index (κ1) is 20.7. The number of nitro groups is 1. The number of nitrogens with zero attached hydrogens (tertiary/aromatic N) is 2. The minimum absolute atomic E-state index is 0.0953. The smallest absolute Gasteiger partial charge is 0.410 e. The van der Waals surface area contributed by atoms with Gasteiger partial charge in [0.1, 0.15) is 11.8 Å². The third kappa shape index (κ3) is 4.62. The Kier molecular flexibility index (Phi) is 5.89. The van der Waals surface area contributed by atoms with Crippen LogP contribution in [0.15, 0.2) is 83.9 Å². The maximum atomic E-state index is 12.8. The third-order valence-electron chi connectivity index (χ3n) is 4.77. The molecule has 0 bridgehead atoms. The Morgan fingerprint density at radius 2 is 1.72 bits per heavy atom. The minimum atomic E-state index is -0.887. The van der Waals surface area contributed by atoms with Gasteiger partial charge in [-0.2, -0.15) is 0 Å². The lowest BCUT2D eigenvalue weighted by atomic mass is 10.0. The van der Waals surface area contributed by atoms with Crippen molar-refractivity contribution in [3.8, 4) is 5.75 Å². The second-order valence-electron chi connectivity index (χ2n) is 6.92. The van der Waals surface area contributed by atoms with Crippen LogP contribution in [-0.4, -0.2) is 35.2 Å².